The Labute approximate surface area is 95.9 Å². The fraction of sp³-hybridized carbons (Fsp3) is 0. The molecule has 0 fully saturated rings. The molecule has 0 saturated carbocycles. The van der Waals surface area contributed by atoms with Gasteiger partial charge in [-0.25, -0.2) is 4.39 Å². The normalized spacial score (nSPS) is 14.3. The zero-order valence-electron chi connectivity index (χ0n) is 8.63. The van der Waals surface area contributed by atoms with E-state index in [1.165, 1.54) is 22.9 Å². The van der Waals surface area contributed by atoms with Crippen molar-refractivity contribution in [1.82, 2.24) is 4.68 Å². The highest BCUT2D eigenvalue weighted by Gasteiger charge is 2.38. The summed E-state index contributed by atoms with van der Waals surface area (Å²) in [4.78, 5) is 23.9. The first-order valence-corrected chi connectivity index (χ1v) is 5.00. The minimum Gasteiger partial charge on any atom is -0.267 e. The summed E-state index contributed by atoms with van der Waals surface area (Å²) in [6.07, 6.45) is 3.11. The molecule has 0 spiro atoms. The van der Waals surface area contributed by atoms with Crippen LogP contribution in [0.1, 0.15) is 20.7 Å². The quantitative estimate of drug-likeness (QED) is 0.698. The Morgan fingerprint density at radius 2 is 1.65 bits per heavy atom. The van der Waals surface area contributed by atoms with E-state index in [1.54, 1.807) is 24.5 Å². The van der Waals surface area contributed by atoms with Crippen molar-refractivity contribution < 1.29 is 14.0 Å². The summed E-state index contributed by atoms with van der Waals surface area (Å²) in [7, 11) is 0. The monoisotopic (exact) mass is 230 g/mol. The number of carbonyl (C=O) groups is 2. The van der Waals surface area contributed by atoms with E-state index in [2.05, 4.69) is 0 Å². The number of halogens is 1. The van der Waals surface area contributed by atoms with Crippen molar-refractivity contribution in [2.75, 3.05) is 5.01 Å². The Kier molecular flexibility index (Phi) is 1.89. The van der Waals surface area contributed by atoms with Crippen LogP contribution in [0.25, 0.3) is 0 Å². The Balaban J connectivity index is 2.19. The van der Waals surface area contributed by atoms with Crippen LogP contribution < -0.4 is 5.01 Å². The van der Waals surface area contributed by atoms with Gasteiger partial charge in [-0.1, -0.05) is 6.07 Å². The smallest absolute Gasteiger partial charge is 0.267 e. The van der Waals surface area contributed by atoms with Gasteiger partial charge in [0.2, 0.25) is 0 Å². The molecule has 1 aromatic heterocycles. The van der Waals surface area contributed by atoms with Crippen molar-refractivity contribution in [3.05, 3.63) is 59.7 Å². The summed E-state index contributed by atoms with van der Waals surface area (Å²) < 4.78 is 14.9. The van der Waals surface area contributed by atoms with Crippen LogP contribution >= 0.6 is 0 Å². The lowest BCUT2D eigenvalue weighted by Gasteiger charge is -2.14. The van der Waals surface area contributed by atoms with E-state index >= 15 is 0 Å². The van der Waals surface area contributed by atoms with Crippen molar-refractivity contribution in [1.29, 1.82) is 0 Å². The van der Waals surface area contributed by atoms with Crippen LogP contribution in [0, 0.1) is 5.82 Å². The molecule has 5 heteroatoms. The Morgan fingerprint density at radius 3 is 2.29 bits per heavy atom. The number of hydrogen-bond acceptors (Lipinski definition) is 2. The van der Waals surface area contributed by atoms with E-state index in [4.69, 9.17) is 0 Å². The Hall–Kier alpha value is -2.43. The average molecular weight is 230 g/mol. The highest BCUT2D eigenvalue weighted by molar-refractivity contribution is 6.30. The van der Waals surface area contributed by atoms with Gasteiger partial charge in [-0.15, -0.1) is 0 Å². The molecule has 4 nitrogen and oxygen atoms in total. The van der Waals surface area contributed by atoms with Gasteiger partial charge in [0, 0.05) is 12.4 Å². The number of nitrogens with zero attached hydrogens (tertiary/aromatic N) is 2. The molecule has 0 saturated heterocycles. The number of benzene rings is 1. The van der Waals surface area contributed by atoms with Crippen molar-refractivity contribution in [3.8, 4) is 0 Å². The SMILES string of the molecule is O=C1c2cccc(F)c2C(=O)N1n1cccc1. The van der Waals surface area contributed by atoms with Crippen LogP contribution in [0.4, 0.5) is 4.39 Å². The zero-order chi connectivity index (χ0) is 12.0. The first-order valence-electron chi connectivity index (χ1n) is 5.00. The molecule has 17 heavy (non-hydrogen) atoms. The molecule has 3 rings (SSSR count). The lowest BCUT2D eigenvalue weighted by atomic mass is 10.1. The molecule has 1 aliphatic rings. The third-order valence-corrected chi connectivity index (χ3v) is 2.66. The summed E-state index contributed by atoms with van der Waals surface area (Å²) in [6, 6.07) is 7.39. The number of fused-ring (bicyclic) bond motifs is 1. The van der Waals surface area contributed by atoms with E-state index < -0.39 is 17.6 Å². The van der Waals surface area contributed by atoms with E-state index in [0.717, 1.165) is 5.01 Å². The maximum absolute atomic E-state index is 13.5. The van der Waals surface area contributed by atoms with Gasteiger partial charge in [0.05, 0.1) is 11.1 Å². The minimum absolute atomic E-state index is 0.101. The number of hydrogen-bond donors (Lipinski definition) is 0. The Morgan fingerprint density at radius 1 is 0.941 bits per heavy atom. The van der Waals surface area contributed by atoms with Gasteiger partial charge < -0.3 is 0 Å². The van der Waals surface area contributed by atoms with Crippen LogP contribution in [-0.2, 0) is 0 Å². The van der Waals surface area contributed by atoms with Gasteiger partial charge in [0.1, 0.15) is 5.82 Å². The fourth-order valence-electron chi connectivity index (χ4n) is 1.90. The van der Waals surface area contributed by atoms with Gasteiger partial charge in [-0.2, -0.15) is 5.01 Å². The summed E-state index contributed by atoms with van der Waals surface area (Å²) >= 11 is 0. The van der Waals surface area contributed by atoms with Gasteiger partial charge in [-0.3, -0.25) is 14.3 Å². The second-order valence-electron chi connectivity index (χ2n) is 3.65. The first-order chi connectivity index (χ1) is 8.20. The number of rotatable bonds is 1. The standard InChI is InChI=1S/C12H7FN2O2/c13-9-5-3-4-8-10(9)12(17)15(11(8)16)14-6-1-2-7-14/h1-7H. The van der Waals surface area contributed by atoms with Crippen LogP contribution in [0.15, 0.2) is 42.7 Å². The first kappa shape index (κ1) is 9.77. The molecule has 1 aromatic carbocycles. The predicted molar refractivity (Wildman–Crippen MR) is 57.7 cm³/mol. The molecule has 2 aromatic rings. The topological polar surface area (TPSA) is 42.3 Å². The molecule has 2 heterocycles. The third kappa shape index (κ3) is 1.22. The Bertz CT molecular complexity index is 619. The second kappa shape index (κ2) is 3.28. The zero-order valence-corrected chi connectivity index (χ0v) is 8.63. The van der Waals surface area contributed by atoms with E-state index in [1.807, 2.05) is 0 Å². The van der Waals surface area contributed by atoms with E-state index in [-0.39, 0.29) is 11.1 Å². The van der Waals surface area contributed by atoms with Crippen LogP contribution in [0.5, 0.6) is 0 Å². The molecular formula is C12H7FN2O2. The molecule has 84 valence electrons. The summed E-state index contributed by atoms with van der Waals surface area (Å²) in [6.45, 7) is 0. The summed E-state index contributed by atoms with van der Waals surface area (Å²) in [5, 5.41) is 0.910. The van der Waals surface area contributed by atoms with E-state index in [0.29, 0.717) is 0 Å². The molecule has 0 aliphatic carbocycles. The predicted octanol–water partition coefficient (Wildman–Crippen LogP) is 1.56. The van der Waals surface area contributed by atoms with Crippen molar-refractivity contribution in [3.63, 3.8) is 0 Å². The van der Waals surface area contributed by atoms with Crippen LogP contribution in [-0.4, -0.2) is 16.5 Å². The molecule has 0 N–H and O–H groups in total. The minimum atomic E-state index is -0.671. The third-order valence-electron chi connectivity index (χ3n) is 2.66. The lowest BCUT2D eigenvalue weighted by molar-refractivity contribution is 0.0885. The molecule has 1 aliphatic heterocycles. The number of amides is 2. The maximum atomic E-state index is 13.5. The molecular weight excluding hydrogens is 223 g/mol. The van der Waals surface area contributed by atoms with Gasteiger partial charge >= 0.3 is 0 Å². The molecule has 0 bridgehead atoms. The van der Waals surface area contributed by atoms with Crippen LogP contribution in [0.3, 0.4) is 0 Å². The molecule has 0 unspecified atom stereocenters. The van der Waals surface area contributed by atoms with Gasteiger partial charge in [0.25, 0.3) is 11.8 Å². The fourth-order valence-corrected chi connectivity index (χ4v) is 1.90. The molecule has 2 amide bonds. The number of aromatic nitrogens is 1. The van der Waals surface area contributed by atoms with Crippen molar-refractivity contribution >= 4 is 11.8 Å². The maximum Gasteiger partial charge on any atom is 0.283 e. The van der Waals surface area contributed by atoms with Gasteiger partial charge in [-0.05, 0) is 24.3 Å². The van der Waals surface area contributed by atoms with Crippen molar-refractivity contribution in [2.24, 2.45) is 0 Å². The second-order valence-corrected chi connectivity index (χ2v) is 3.65. The lowest BCUT2D eigenvalue weighted by Crippen LogP contribution is -2.38. The van der Waals surface area contributed by atoms with Crippen molar-refractivity contribution in [2.45, 2.75) is 0 Å². The summed E-state index contributed by atoms with van der Waals surface area (Å²) in [5.41, 5.74) is -0.0603. The van der Waals surface area contributed by atoms with Gasteiger partial charge in [0.15, 0.2) is 0 Å². The largest absolute Gasteiger partial charge is 0.283 e. The molecule has 0 atom stereocenters. The highest BCUT2D eigenvalue weighted by Crippen LogP contribution is 2.24. The summed E-state index contributed by atoms with van der Waals surface area (Å²) in [5.74, 6) is -1.82. The average Bonchev–Trinajstić information content (AvgIpc) is 2.88. The number of imide groups is 1. The van der Waals surface area contributed by atoms with Crippen LogP contribution in [0.2, 0.25) is 0 Å². The van der Waals surface area contributed by atoms with E-state index in [9.17, 15) is 14.0 Å². The highest BCUT2D eigenvalue weighted by atomic mass is 19.1. The number of carbonyl (C=O) groups excluding carboxylic acids is 2. The molecule has 0 radical (unpaired) electrons.